The van der Waals surface area contributed by atoms with Gasteiger partial charge in [0.25, 0.3) is 5.91 Å². The van der Waals surface area contributed by atoms with Crippen molar-refractivity contribution >= 4 is 21.6 Å². The van der Waals surface area contributed by atoms with Crippen molar-refractivity contribution < 1.29 is 13.2 Å². The van der Waals surface area contributed by atoms with E-state index in [9.17, 15) is 13.2 Å². The molecule has 1 amide bonds. The van der Waals surface area contributed by atoms with Crippen LogP contribution in [0.15, 0.2) is 78.7 Å². The van der Waals surface area contributed by atoms with Crippen molar-refractivity contribution in [1.29, 1.82) is 0 Å². The summed E-state index contributed by atoms with van der Waals surface area (Å²) in [6, 6.07) is 13.3. The number of anilines is 1. The van der Waals surface area contributed by atoms with E-state index in [-0.39, 0.29) is 23.9 Å². The van der Waals surface area contributed by atoms with Gasteiger partial charge in [-0.2, -0.15) is 4.31 Å². The third kappa shape index (κ3) is 4.47. The summed E-state index contributed by atoms with van der Waals surface area (Å²) in [6.07, 6.45) is 3.04. The second-order valence-electron chi connectivity index (χ2n) is 5.69. The Balaban J connectivity index is 2.21. The van der Waals surface area contributed by atoms with Gasteiger partial charge in [-0.1, -0.05) is 30.4 Å². The SMILES string of the molecule is C=CCN(CC=C)S(=O)(=O)c1ccc(C(=O)Nc2ccccc2C)cc1. The standard InChI is InChI=1S/C20H22N2O3S/c1-4-14-22(15-5-2)26(24,25)18-12-10-17(11-13-18)20(23)21-19-9-7-6-8-16(19)3/h4-13H,1-2,14-15H2,3H3,(H,21,23). The molecule has 0 spiro atoms. The minimum atomic E-state index is -3.67. The van der Waals surface area contributed by atoms with Crippen molar-refractivity contribution in [3.05, 3.63) is 85.0 Å². The van der Waals surface area contributed by atoms with Crippen LogP contribution in [-0.2, 0) is 10.0 Å². The highest BCUT2D eigenvalue weighted by atomic mass is 32.2. The predicted molar refractivity (Wildman–Crippen MR) is 105 cm³/mol. The molecule has 0 heterocycles. The number of aryl methyl sites for hydroxylation is 1. The largest absolute Gasteiger partial charge is 0.322 e. The van der Waals surface area contributed by atoms with Crippen LogP contribution in [0, 0.1) is 6.92 Å². The molecule has 26 heavy (non-hydrogen) atoms. The van der Waals surface area contributed by atoms with Gasteiger partial charge in [0.1, 0.15) is 0 Å². The molecule has 136 valence electrons. The lowest BCUT2D eigenvalue weighted by atomic mass is 10.1. The quantitative estimate of drug-likeness (QED) is 0.722. The monoisotopic (exact) mass is 370 g/mol. The Morgan fingerprint density at radius 3 is 2.15 bits per heavy atom. The van der Waals surface area contributed by atoms with Crippen LogP contribution in [0.2, 0.25) is 0 Å². The first-order valence-corrected chi connectivity index (χ1v) is 9.53. The molecule has 0 atom stereocenters. The van der Waals surface area contributed by atoms with Gasteiger partial charge >= 0.3 is 0 Å². The Morgan fingerprint density at radius 1 is 1.04 bits per heavy atom. The van der Waals surface area contributed by atoms with E-state index < -0.39 is 10.0 Å². The number of carbonyl (C=O) groups is 1. The number of benzene rings is 2. The number of carbonyl (C=O) groups excluding carboxylic acids is 1. The topological polar surface area (TPSA) is 66.5 Å². The van der Waals surface area contributed by atoms with Gasteiger partial charge in [-0.15, -0.1) is 13.2 Å². The summed E-state index contributed by atoms with van der Waals surface area (Å²) in [4.78, 5) is 12.5. The van der Waals surface area contributed by atoms with E-state index in [1.807, 2.05) is 31.2 Å². The highest BCUT2D eigenvalue weighted by Crippen LogP contribution is 2.18. The molecule has 0 aliphatic rings. The molecule has 5 nitrogen and oxygen atoms in total. The summed E-state index contributed by atoms with van der Waals surface area (Å²) in [7, 11) is -3.67. The van der Waals surface area contributed by atoms with Crippen molar-refractivity contribution in [1.82, 2.24) is 4.31 Å². The Kier molecular flexibility index (Phi) is 6.49. The maximum Gasteiger partial charge on any atom is 0.255 e. The molecular formula is C20H22N2O3S. The van der Waals surface area contributed by atoms with Crippen molar-refractivity contribution in [3.8, 4) is 0 Å². The van der Waals surface area contributed by atoms with E-state index in [2.05, 4.69) is 18.5 Å². The molecule has 0 radical (unpaired) electrons. The van der Waals surface area contributed by atoms with Gasteiger partial charge in [0.05, 0.1) is 4.90 Å². The Bertz CT molecular complexity index is 893. The number of hydrogen-bond donors (Lipinski definition) is 1. The van der Waals surface area contributed by atoms with E-state index >= 15 is 0 Å². The Labute approximate surface area is 154 Å². The Hall–Kier alpha value is -2.70. The third-order valence-electron chi connectivity index (χ3n) is 3.81. The molecule has 0 bridgehead atoms. The fourth-order valence-corrected chi connectivity index (χ4v) is 3.78. The lowest BCUT2D eigenvalue weighted by molar-refractivity contribution is 0.102. The summed E-state index contributed by atoms with van der Waals surface area (Å²) in [5.41, 5.74) is 2.05. The van der Waals surface area contributed by atoms with Gasteiger partial charge in [-0.3, -0.25) is 4.79 Å². The lowest BCUT2D eigenvalue weighted by Crippen LogP contribution is -2.31. The van der Waals surface area contributed by atoms with E-state index in [0.717, 1.165) is 11.3 Å². The summed E-state index contributed by atoms with van der Waals surface area (Å²) >= 11 is 0. The fraction of sp³-hybridized carbons (Fsp3) is 0.150. The van der Waals surface area contributed by atoms with Crippen LogP contribution in [-0.4, -0.2) is 31.7 Å². The molecular weight excluding hydrogens is 348 g/mol. The van der Waals surface area contributed by atoms with Crippen LogP contribution < -0.4 is 5.32 Å². The van der Waals surface area contributed by atoms with Crippen LogP contribution in [0.3, 0.4) is 0 Å². The Morgan fingerprint density at radius 2 is 1.62 bits per heavy atom. The number of hydrogen-bond acceptors (Lipinski definition) is 3. The fourth-order valence-electron chi connectivity index (χ4n) is 2.39. The van der Waals surface area contributed by atoms with Gasteiger partial charge in [0.2, 0.25) is 10.0 Å². The highest BCUT2D eigenvalue weighted by molar-refractivity contribution is 7.89. The van der Waals surface area contributed by atoms with Gasteiger partial charge in [-0.05, 0) is 42.8 Å². The van der Waals surface area contributed by atoms with Crippen molar-refractivity contribution in [3.63, 3.8) is 0 Å². The highest BCUT2D eigenvalue weighted by Gasteiger charge is 2.22. The first kappa shape index (κ1) is 19.6. The van der Waals surface area contributed by atoms with Crippen molar-refractivity contribution in [2.45, 2.75) is 11.8 Å². The van der Waals surface area contributed by atoms with E-state index in [1.54, 1.807) is 0 Å². The van der Waals surface area contributed by atoms with Crippen LogP contribution >= 0.6 is 0 Å². The zero-order valence-electron chi connectivity index (χ0n) is 14.7. The number of para-hydroxylation sites is 1. The van der Waals surface area contributed by atoms with Gasteiger partial charge < -0.3 is 5.32 Å². The molecule has 2 aromatic carbocycles. The summed E-state index contributed by atoms with van der Waals surface area (Å²) in [6.45, 7) is 9.43. The molecule has 0 aliphatic carbocycles. The number of nitrogens with zero attached hydrogens (tertiary/aromatic N) is 1. The molecule has 0 aromatic heterocycles. The predicted octanol–water partition coefficient (Wildman–Crippen LogP) is 3.61. The van der Waals surface area contributed by atoms with Crippen molar-refractivity contribution in [2.75, 3.05) is 18.4 Å². The molecule has 0 aliphatic heterocycles. The maximum absolute atomic E-state index is 12.7. The minimum absolute atomic E-state index is 0.119. The normalized spacial score (nSPS) is 11.2. The zero-order chi connectivity index (χ0) is 19.2. The maximum atomic E-state index is 12.7. The molecule has 1 N–H and O–H groups in total. The zero-order valence-corrected chi connectivity index (χ0v) is 15.5. The molecule has 6 heteroatoms. The van der Waals surface area contributed by atoms with Crippen LogP contribution in [0.4, 0.5) is 5.69 Å². The second kappa shape index (κ2) is 8.60. The number of rotatable bonds is 8. The van der Waals surface area contributed by atoms with Crippen molar-refractivity contribution in [2.24, 2.45) is 0 Å². The molecule has 2 aromatic rings. The van der Waals surface area contributed by atoms with E-state index in [0.29, 0.717) is 5.56 Å². The number of sulfonamides is 1. The summed E-state index contributed by atoms with van der Waals surface area (Å²) in [5.74, 6) is -0.294. The first-order chi connectivity index (χ1) is 12.4. The van der Waals surface area contributed by atoms with Gasteiger partial charge in [0, 0.05) is 24.3 Å². The van der Waals surface area contributed by atoms with Crippen LogP contribution in [0.1, 0.15) is 15.9 Å². The first-order valence-electron chi connectivity index (χ1n) is 8.09. The molecule has 0 unspecified atom stereocenters. The number of nitrogens with one attached hydrogen (secondary N) is 1. The lowest BCUT2D eigenvalue weighted by Gasteiger charge is -2.19. The van der Waals surface area contributed by atoms with Gasteiger partial charge in [0.15, 0.2) is 0 Å². The summed E-state index contributed by atoms with van der Waals surface area (Å²) in [5, 5.41) is 2.82. The summed E-state index contributed by atoms with van der Waals surface area (Å²) < 4.78 is 26.6. The van der Waals surface area contributed by atoms with E-state index in [1.165, 1.54) is 40.7 Å². The number of amides is 1. The molecule has 0 saturated carbocycles. The van der Waals surface area contributed by atoms with E-state index in [4.69, 9.17) is 0 Å². The third-order valence-corrected chi connectivity index (χ3v) is 5.66. The molecule has 2 rings (SSSR count). The second-order valence-corrected chi connectivity index (χ2v) is 7.63. The average molecular weight is 370 g/mol. The van der Waals surface area contributed by atoms with Crippen LogP contribution in [0.5, 0.6) is 0 Å². The molecule has 0 saturated heterocycles. The van der Waals surface area contributed by atoms with Crippen LogP contribution in [0.25, 0.3) is 0 Å². The minimum Gasteiger partial charge on any atom is -0.322 e. The smallest absolute Gasteiger partial charge is 0.255 e. The average Bonchev–Trinajstić information content (AvgIpc) is 2.63. The van der Waals surface area contributed by atoms with Gasteiger partial charge in [-0.25, -0.2) is 8.42 Å². The molecule has 0 fully saturated rings.